The molecule has 0 spiro atoms. The van der Waals surface area contributed by atoms with E-state index in [1.807, 2.05) is 0 Å². The summed E-state index contributed by atoms with van der Waals surface area (Å²) >= 11 is 0. The second-order valence-electron chi connectivity index (χ2n) is 3.37. The third-order valence-corrected chi connectivity index (χ3v) is 3.14. The molecule has 0 radical (unpaired) electrons. The van der Waals surface area contributed by atoms with Crippen LogP contribution in [0, 0.1) is 0 Å². The summed E-state index contributed by atoms with van der Waals surface area (Å²) in [7, 11) is 0. The predicted molar refractivity (Wildman–Crippen MR) is 33.8 cm³/mol. The topological polar surface area (TPSA) is 18.8 Å². The molecule has 1 atom stereocenters. The lowest BCUT2D eigenvalue weighted by molar-refractivity contribution is 0.358. The number of rotatable bonds is 0. The van der Waals surface area contributed by atoms with Crippen molar-refractivity contribution in [2.24, 2.45) is 4.99 Å². The van der Waals surface area contributed by atoms with Crippen LogP contribution in [0.1, 0.15) is 0 Å². The Morgan fingerprint density at radius 2 is 2.40 bits per heavy atom. The highest BCUT2D eigenvalue weighted by Crippen LogP contribution is 2.64. The summed E-state index contributed by atoms with van der Waals surface area (Å²) in [6.07, 6.45) is 0. The summed E-state index contributed by atoms with van der Waals surface area (Å²) in [5.41, 5.74) is 7.08. The standard InChI is InChI=1S/C7H3N3/c1-9-4-2-5(9)7-3(8-2)6(4)10(1)7/h4H,1H2. The van der Waals surface area contributed by atoms with E-state index in [0.29, 0.717) is 6.04 Å². The number of hydrogen-bond acceptors (Lipinski definition) is 3. The van der Waals surface area contributed by atoms with Crippen LogP contribution < -0.4 is 0 Å². The monoisotopic (exact) mass is 129 g/mol. The van der Waals surface area contributed by atoms with Crippen molar-refractivity contribution in [1.29, 1.82) is 0 Å². The van der Waals surface area contributed by atoms with Gasteiger partial charge in [-0.2, -0.15) is 0 Å². The molecule has 0 aromatic heterocycles. The van der Waals surface area contributed by atoms with Crippen LogP contribution in [-0.4, -0.2) is 28.2 Å². The van der Waals surface area contributed by atoms with Gasteiger partial charge in [0.2, 0.25) is 0 Å². The maximum atomic E-state index is 4.48. The first-order valence-corrected chi connectivity index (χ1v) is 3.59. The molecule has 0 saturated carbocycles. The molecule has 6 aliphatic rings. The highest BCUT2D eigenvalue weighted by molar-refractivity contribution is 6.21. The molecule has 0 amide bonds. The van der Waals surface area contributed by atoms with Gasteiger partial charge >= 0.3 is 0 Å². The van der Waals surface area contributed by atoms with E-state index in [2.05, 4.69) is 14.8 Å². The largest absolute Gasteiger partial charge is 0.336 e. The van der Waals surface area contributed by atoms with Gasteiger partial charge in [-0.3, -0.25) is 0 Å². The molecular formula is C7H3N3. The molecule has 46 valence electrons. The second-order valence-corrected chi connectivity index (χ2v) is 3.37. The maximum Gasteiger partial charge on any atom is 0.118 e. The van der Waals surface area contributed by atoms with Crippen LogP contribution >= 0.6 is 0 Å². The fourth-order valence-electron chi connectivity index (χ4n) is 2.78. The lowest BCUT2D eigenvalue weighted by Gasteiger charge is -2.42. The van der Waals surface area contributed by atoms with Crippen molar-refractivity contribution >= 4 is 5.71 Å². The highest BCUT2D eigenvalue weighted by atomic mass is 15.6. The van der Waals surface area contributed by atoms with Crippen molar-refractivity contribution in [2.75, 3.05) is 6.67 Å². The van der Waals surface area contributed by atoms with Crippen LogP contribution in [0.3, 0.4) is 0 Å². The molecule has 6 aliphatic heterocycles. The molecule has 6 rings (SSSR count). The van der Waals surface area contributed by atoms with Crippen LogP contribution in [0.4, 0.5) is 0 Å². The molecule has 10 heavy (non-hydrogen) atoms. The first kappa shape index (κ1) is 3.23. The third-order valence-electron chi connectivity index (χ3n) is 3.14. The highest BCUT2D eigenvalue weighted by Gasteiger charge is 2.69. The van der Waals surface area contributed by atoms with Gasteiger partial charge in [0.15, 0.2) is 0 Å². The number of aliphatic imine (C=N–C) groups is 1. The van der Waals surface area contributed by atoms with E-state index in [0.717, 1.165) is 6.67 Å². The SMILES string of the molecule is C1N2C3=C4C5=NC3=C2C5N14. The van der Waals surface area contributed by atoms with Gasteiger partial charge in [0, 0.05) is 0 Å². The lowest BCUT2D eigenvalue weighted by Crippen LogP contribution is -2.52. The molecule has 1 unspecified atom stereocenters. The predicted octanol–water partition coefficient (Wildman–Crippen LogP) is -0.151. The molecule has 2 saturated heterocycles. The van der Waals surface area contributed by atoms with Gasteiger partial charge in [0.05, 0.1) is 29.5 Å². The first-order chi connectivity index (χ1) is 4.97. The minimum atomic E-state index is 0.627. The molecular weight excluding hydrogens is 126 g/mol. The Bertz CT molecular complexity index is 413. The van der Waals surface area contributed by atoms with E-state index in [1.54, 1.807) is 0 Å². The quantitative estimate of drug-likeness (QED) is 0.453. The van der Waals surface area contributed by atoms with Crippen molar-refractivity contribution < 1.29 is 0 Å². The Hall–Kier alpha value is -1.25. The molecule has 0 aliphatic carbocycles. The minimum Gasteiger partial charge on any atom is -0.336 e. The normalized spacial score (nSPS) is 40.0. The Morgan fingerprint density at radius 1 is 1.40 bits per heavy atom. The van der Waals surface area contributed by atoms with Crippen LogP contribution in [0.25, 0.3) is 0 Å². The Kier molecular flexibility index (Phi) is 0.186. The van der Waals surface area contributed by atoms with Gasteiger partial charge in [-0.1, -0.05) is 0 Å². The van der Waals surface area contributed by atoms with Gasteiger partial charge in [-0.25, -0.2) is 4.99 Å². The van der Waals surface area contributed by atoms with Crippen molar-refractivity contribution in [3.05, 3.63) is 22.8 Å². The fraction of sp³-hybridized carbons (Fsp3) is 0.286. The van der Waals surface area contributed by atoms with Crippen LogP contribution in [0.5, 0.6) is 0 Å². The smallest absolute Gasteiger partial charge is 0.118 e. The van der Waals surface area contributed by atoms with Crippen LogP contribution in [0.15, 0.2) is 27.8 Å². The molecule has 6 heterocycles. The van der Waals surface area contributed by atoms with E-state index in [1.165, 1.54) is 28.5 Å². The zero-order valence-corrected chi connectivity index (χ0v) is 5.13. The van der Waals surface area contributed by atoms with E-state index in [4.69, 9.17) is 0 Å². The van der Waals surface area contributed by atoms with Crippen molar-refractivity contribution in [3.8, 4) is 0 Å². The summed E-state index contributed by atoms with van der Waals surface area (Å²) in [4.78, 5) is 9.32. The Morgan fingerprint density at radius 3 is 3.10 bits per heavy atom. The van der Waals surface area contributed by atoms with Crippen molar-refractivity contribution in [2.45, 2.75) is 6.04 Å². The van der Waals surface area contributed by atoms with Gasteiger partial charge in [-0.15, -0.1) is 0 Å². The summed E-state index contributed by atoms with van der Waals surface area (Å²) < 4.78 is 0. The van der Waals surface area contributed by atoms with E-state index in [9.17, 15) is 0 Å². The summed E-state index contributed by atoms with van der Waals surface area (Å²) in [6.45, 7) is 1.13. The molecule has 0 aromatic rings. The Labute approximate surface area is 56.9 Å². The van der Waals surface area contributed by atoms with Crippen molar-refractivity contribution in [3.63, 3.8) is 0 Å². The Balaban J connectivity index is 2.24. The summed E-state index contributed by atoms with van der Waals surface area (Å²) in [5, 5.41) is 0. The average molecular weight is 129 g/mol. The van der Waals surface area contributed by atoms with E-state index in [-0.39, 0.29) is 0 Å². The minimum absolute atomic E-state index is 0.627. The average Bonchev–Trinajstić information content (AvgIpc) is 2.41. The first-order valence-electron chi connectivity index (χ1n) is 3.59. The fourth-order valence-corrected chi connectivity index (χ4v) is 2.78. The van der Waals surface area contributed by atoms with Gasteiger partial charge in [-0.05, 0) is 0 Å². The van der Waals surface area contributed by atoms with Gasteiger partial charge in [0.1, 0.15) is 11.7 Å². The molecule has 4 bridgehead atoms. The molecule has 0 N–H and O–H groups in total. The summed E-state index contributed by atoms with van der Waals surface area (Å²) in [6, 6.07) is 0.627. The lowest BCUT2D eigenvalue weighted by atomic mass is 9.86. The van der Waals surface area contributed by atoms with Gasteiger partial charge in [0.25, 0.3) is 0 Å². The number of nitrogens with zero attached hydrogens (tertiary/aromatic N) is 3. The molecule has 3 nitrogen and oxygen atoms in total. The van der Waals surface area contributed by atoms with Gasteiger partial charge < -0.3 is 9.80 Å². The third kappa shape index (κ3) is 0.102. The zero-order chi connectivity index (χ0) is 6.03. The summed E-state index contributed by atoms with van der Waals surface area (Å²) in [5.74, 6) is 0. The second kappa shape index (κ2) is 0.576. The van der Waals surface area contributed by atoms with E-state index < -0.39 is 0 Å². The molecule has 0 aromatic carbocycles. The zero-order valence-electron chi connectivity index (χ0n) is 5.13. The maximum absolute atomic E-state index is 4.48. The number of hydrogen-bond donors (Lipinski definition) is 0. The van der Waals surface area contributed by atoms with Crippen LogP contribution in [0.2, 0.25) is 0 Å². The molecule has 3 heteroatoms. The van der Waals surface area contributed by atoms with E-state index >= 15 is 0 Å². The van der Waals surface area contributed by atoms with Crippen molar-refractivity contribution in [1.82, 2.24) is 9.80 Å². The van der Waals surface area contributed by atoms with Crippen LogP contribution in [-0.2, 0) is 0 Å². The molecule has 2 fully saturated rings.